The molecule has 0 fully saturated rings. The van der Waals surface area contributed by atoms with Crippen LogP contribution in [0.3, 0.4) is 0 Å². The molecule has 1 aliphatic rings. The second-order valence-electron chi connectivity index (χ2n) is 4.64. The minimum Gasteiger partial charge on any atom is -0.325 e. The normalized spacial score (nSPS) is 14.8. The first-order valence-corrected chi connectivity index (χ1v) is 7.74. The van der Waals surface area contributed by atoms with Gasteiger partial charge in [0.05, 0.1) is 11.2 Å². The van der Waals surface area contributed by atoms with E-state index < -0.39 is 0 Å². The Bertz CT molecular complexity index is 702. The lowest BCUT2D eigenvalue weighted by atomic mass is 10.0. The first-order chi connectivity index (χ1) is 9.56. The zero-order valence-electron chi connectivity index (χ0n) is 10.3. The molecule has 20 heavy (non-hydrogen) atoms. The predicted octanol–water partition coefficient (Wildman–Crippen LogP) is 4.97. The van der Waals surface area contributed by atoms with Gasteiger partial charge in [0.15, 0.2) is 0 Å². The Balaban J connectivity index is 2.05. The van der Waals surface area contributed by atoms with E-state index in [0.717, 1.165) is 22.4 Å². The highest BCUT2D eigenvalue weighted by molar-refractivity contribution is 9.09. The SMILES string of the molecule is O=C1Cc2cc(C(Br)c3ccccc3Cl)c(Cl)cc2N1. The topological polar surface area (TPSA) is 29.1 Å². The molecule has 1 unspecified atom stereocenters. The largest absolute Gasteiger partial charge is 0.325 e. The van der Waals surface area contributed by atoms with E-state index in [0.29, 0.717) is 16.5 Å². The molecule has 0 saturated heterocycles. The molecule has 2 aromatic rings. The summed E-state index contributed by atoms with van der Waals surface area (Å²) in [5, 5.41) is 4.08. The van der Waals surface area contributed by atoms with Crippen molar-refractivity contribution >= 4 is 50.7 Å². The highest BCUT2D eigenvalue weighted by Crippen LogP contribution is 2.41. The summed E-state index contributed by atoms with van der Waals surface area (Å²) in [4.78, 5) is 11.3. The van der Waals surface area contributed by atoms with Gasteiger partial charge in [-0.1, -0.05) is 63.4 Å². The number of carbonyl (C=O) groups excluding carboxylic acids is 1. The fraction of sp³-hybridized carbons (Fsp3) is 0.133. The fourth-order valence-corrected chi connectivity index (χ4v) is 3.87. The van der Waals surface area contributed by atoms with Gasteiger partial charge >= 0.3 is 0 Å². The van der Waals surface area contributed by atoms with Gasteiger partial charge in [0, 0.05) is 15.7 Å². The lowest BCUT2D eigenvalue weighted by molar-refractivity contribution is -0.115. The van der Waals surface area contributed by atoms with Crippen LogP contribution in [0, 0.1) is 0 Å². The quantitative estimate of drug-likeness (QED) is 0.742. The first-order valence-electron chi connectivity index (χ1n) is 6.07. The minimum absolute atomic E-state index is 0.00270. The summed E-state index contributed by atoms with van der Waals surface area (Å²) in [5.41, 5.74) is 3.62. The maximum Gasteiger partial charge on any atom is 0.228 e. The average molecular weight is 371 g/mol. The molecule has 1 atom stereocenters. The lowest BCUT2D eigenvalue weighted by Crippen LogP contribution is -2.03. The molecule has 2 aromatic carbocycles. The van der Waals surface area contributed by atoms with E-state index in [9.17, 15) is 4.79 Å². The van der Waals surface area contributed by atoms with Crippen LogP contribution in [0.1, 0.15) is 21.5 Å². The Morgan fingerprint density at radius 1 is 1.10 bits per heavy atom. The Morgan fingerprint density at radius 2 is 1.85 bits per heavy atom. The Morgan fingerprint density at radius 3 is 2.60 bits per heavy atom. The second kappa shape index (κ2) is 5.40. The molecule has 2 nitrogen and oxygen atoms in total. The summed E-state index contributed by atoms with van der Waals surface area (Å²) >= 11 is 16.2. The third-order valence-corrected chi connectivity index (χ3v) is 4.96. The molecule has 0 radical (unpaired) electrons. The van der Waals surface area contributed by atoms with Gasteiger partial charge in [0.2, 0.25) is 5.91 Å². The summed E-state index contributed by atoms with van der Waals surface area (Å²) in [6.45, 7) is 0. The number of nitrogens with one attached hydrogen (secondary N) is 1. The molecule has 5 heteroatoms. The zero-order chi connectivity index (χ0) is 14.3. The van der Waals surface area contributed by atoms with Gasteiger partial charge in [0.1, 0.15) is 0 Å². The Labute approximate surface area is 135 Å². The highest BCUT2D eigenvalue weighted by Gasteiger charge is 2.23. The van der Waals surface area contributed by atoms with Gasteiger partial charge in [-0.15, -0.1) is 0 Å². The summed E-state index contributed by atoms with van der Waals surface area (Å²) in [6, 6.07) is 11.4. The van der Waals surface area contributed by atoms with E-state index in [1.807, 2.05) is 30.3 Å². The van der Waals surface area contributed by atoms with Crippen molar-refractivity contribution in [2.24, 2.45) is 0 Å². The van der Waals surface area contributed by atoms with Crippen molar-refractivity contribution in [2.45, 2.75) is 11.2 Å². The summed E-state index contributed by atoms with van der Waals surface area (Å²) in [5.74, 6) is -0.00270. The molecule has 0 aromatic heterocycles. The van der Waals surface area contributed by atoms with Gasteiger partial charge in [-0.3, -0.25) is 4.79 Å². The number of carbonyl (C=O) groups is 1. The van der Waals surface area contributed by atoms with Crippen molar-refractivity contribution in [2.75, 3.05) is 5.32 Å². The summed E-state index contributed by atoms with van der Waals surface area (Å²) in [7, 11) is 0. The maximum absolute atomic E-state index is 11.4. The number of anilines is 1. The highest BCUT2D eigenvalue weighted by atomic mass is 79.9. The third kappa shape index (κ3) is 2.46. The van der Waals surface area contributed by atoms with E-state index in [1.165, 1.54) is 0 Å². The van der Waals surface area contributed by atoms with Crippen LogP contribution in [0.2, 0.25) is 10.0 Å². The Hall–Kier alpha value is -1.03. The monoisotopic (exact) mass is 369 g/mol. The maximum atomic E-state index is 11.4. The number of hydrogen-bond donors (Lipinski definition) is 1. The van der Waals surface area contributed by atoms with E-state index in [1.54, 1.807) is 6.07 Å². The number of halogens is 3. The number of fused-ring (bicyclic) bond motifs is 1. The van der Waals surface area contributed by atoms with Crippen LogP contribution in [-0.2, 0) is 11.2 Å². The van der Waals surface area contributed by atoms with E-state index in [-0.39, 0.29) is 10.7 Å². The van der Waals surface area contributed by atoms with E-state index >= 15 is 0 Å². The fourth-order valence-electron chi connectivity index (χ4n) is 2.31. The molecule has 0 aliphatic carbocycles. The predicted molar refractivity (Wildman–Crippen MR) is 86.0 cm³/mol. The smallest absolute Gasteiger partial charge is 0.228 e. The van der Waals surface area contributed by atoms with E-state index in [4.69, 9.17) is 23.2 Å². The molecule has 0 spiro atoms. The third-order valence-electron chi connectivity index (χ3n) is 3.30. The molecule has 1 N–H and O–H groups in total. The van der Waals surface area contributed by atoms with Crippen LogP contribution in [0.25, 0.3) is 0 Å². The van der Waals surface area contributed by atoms with Crippen LogP contribution in [0.5, 0.6) is 0 Å². The summed E-state index contributed by atoms with van der Waals surface area (Å²) < 4.78 is 0. The molecule has 1 heterocycles. The number of hydrogen-bond acceptors (Lipinski definition) is 1. The van der Waals surface area contributed by atoms with Gasteiger partial charge in [0.25, 0.3) is 0 Å². The van der Waals surface area contributed by atoms with Gasteiger partial charge < -0.3 is 5.32 Å². The lowest BCUT2D eigenvalue weighted by Gasteiger charge is -2.15. The molecular weight excluding hydrogens is 361 g/mol. The number of alkyl halides is 1. The number of rotatable bonds is 2. The van der Waals surface area contributed by atoms with Crippen molar-refractivity contribution in [1.82, 2.24) is 0 Å². The van der Waals surface area contributed by atoms with Gasteiger partial charge in [-0.25, -0.2) is 0 Å². The van der Waals surface area contributed by atoms with Crippen molar-refractivity contribution in [3.63, 3.8) is 0 Å². The Kier molecular flexibility index (Phi) is 3.76. The molecule has 1 aliphatic heterocycles. The molecule has 0 bridgehead atoms. The van der Waals surface area contributed by atoms with Crippen LogP contribution in [0.4, 0.5) is 5.69 Å². The zero-order valence-corrected chi connectivity index (χ0v) is 13.4. The van der Waals surface area contributed by atoms with E-state index in [2.05, 4.69) is 21.2 Å². The minimum atomic E-state index is -0.107. The van der Waals surface area contributed by atoms with Crippen LogP contribution in [-0.4, -0.2) is 5.91 Å². The average Bonchev–Trinajstić information content (AvgIpc) is 2.76. The number of benzene rings is 2. The van der Waals surface area contributed by atoms with Gasteiger partial charge in [-0.05, 0) is 28.8 Å². The van der Waals surface area contributed by atoms with Crippen LogP contribution in [0.15, 0.2) is 36.4 Å². The summed E-state index contributed by atoms with van der Waals surface area (Å²) in [6.07, 6.45) is 0.391. The second-order valence-corrected chi connectivity index (χ2v) is 6.37. The molecule has 0 saturated carbocycles. The van der Waals surface area contributed by atoms with Crippen molar-refractivity contribution in [1.29, 1.82) is 0 Å². The van der Waals surface area contributed by atoms with Crippen molar-refractivity contribution in [3.8, 4) is 0 Å². The van der Waals surface area contributed by atoms with Crippen molar-refractivity contribution < 1.29 is 4.79 Å². The van der Waals surface area contributed by atoms with Crippen LogP contribution >= 0.6 is 39.1 Å². The molecule has 3 rings (SSSR count). The standard InChI is InChI=1S/C15H10BrCl2NO/c16-15(9-3-1-2-4-11(9)17)10-5-8-6-14(20)19-13(8)7-12(10)18/h1-5,7,15H,6H2,(H,19,20). The van der Waals surface area contributed by atoms with Crippen molar-refractivity contribution in [3.05, 3.63) is 63.1 Å². The molecule has 1 amide bonds. The molecule has 102 valence electrons. The van der Waals surface area contributed by atoms with Gasteiger partial charge in [-0.2, -0.15) is 0 Å². The van der Waals surface area contributed by atoms with Crippen LogP contribution < -0.4 is 5.32 Å². The molecular formula is C15H10BrCl2NO. The first kappa shape index (κ1) is 13.9. The number of amides is 1.